The lowest BCUT2D eigenvalue weighted by atomic mass is 9.60. The number of hydrogen-bond donors (Lipinski definition) is 0. The summed E-state index contributed by atoms with van der Waals surface area (Å²) in [5, 5.41) is 0. The van der Waals surface area contributed by atoms with E-state index < -0.39 is 0 Å². The van der Waals surface area contributed by atoms with Gasteiger partial charge in [0.25, 0.3) is 0 Å². The van der Waals surface area contributed by atoms with Gasteiger partial charge in [0, 0.05) is 5.92 Å². The Morgan fingerprint density at radius 3 is 2.79 bits per heavy atom. The molecular formula is C12H20O2. The first-order valence-electron chi connectivity index (χ1n) is 5.72. The summed E-state index contributed by atoms with van der Waals surface area (Å²) >= 11 is 0. The first-order valence-corrected chi connectivity index (χ1v) is 5.72. The third-order valence-electron chi connectivity index (χ3n) is 4.52. The van der Waals surface area contributed by atoms with E-state index in [4.69, 9.17) is 4.74 Å². The van der Waals surface area contributed by atoms with Gasteiger partial charge < -0.3 is 4.74 Å². The summed E-state index contributed by atoms with van der Waals surface area (Å²) < 4.78 is 5.51. The van der Waals surface area contributed by atoms with Gasteiger partial charge in [0.1, 0.15) is 5.60 Å². The molecule has 0 radical (unpaired) electrons. The minimum atomic E-state index is -0.153. The second-order valence-corrected chi connectivity index (χ2v) is 5.40. The highest BCUT2D eigenvalue weighted by Gasteiger charge is 2.55. The molecule has 0 spiro atoms. The van der Waals surface area contributed by atoms with Crippen LogP contribution in [-0.2, 0) is 9.53 Å². The van der Waals surface area contributed by atoms with Crippen LogP contribution in [0.25, 0.3) is 0 Å². The third-order valence-corrected chi connectivity index (χ3v) is 4.52. The lowest BCUT2D eigenvalue weighted by Crippen LogP contribution is -2.45. The second-order valence-electron chi connectivity index (χ2n) is 5.40. The van der Waals surface area contributed by atoms with Crippen LogP contribution in [0.1, 0.15) is 52.9 Å². The molecule has 2 rings (SSSR count). The maximum absolute atomic E-state index is 11.4. The summed E-state index contributed by atoms with van der Waals surface area (Å²) in [5.41, 5.74) is 0.166. The van der Waals surface area contributed by atoms with Crippen molar-refractivity contribution in [1.82, 2.24) is 0 Å². The van der Waals surface area contributed by atoms with Crippen LogP contribution in [0, 0.1) is 11.3 Å². The molecule has 0 aromatic heterocycles. The van der Waals surface area contributed by atoms with Gasteiger partial charge in [-0.25, -0.2) is 0 Å². The molecule has 14 heavy (non-hydrogen) atoms. The summed E-state index contributed by atoms with van der Waals surface area (Å²) in [6.45, 7) is 6.67. The summed E-state index contributed by atoms with van der Waals surface area (Å²) in [7, 11) is 0. The minimum absolute atomic E-state index is 0.0130. The van der Waals surface area contributed by atoms with Crippen molar-refractivity contribution in [2.24, 2.45) is 11.3 Å². The highest BCUT2D eigenvalue weighted by molar-refractivity contribution is 5.73. The third kappa shape index (κ3) is 1.27. The van der Waals surface area contributed by atoms with Gasteiger partial charge in [0.05, 0.1) is 6.42 Å². The van der Waals surface area contributed by atoms with E-state index in [0.717, 1.165) is 12.8 Å². The zero-order valence-electron chi connectivity index (χ0n) is 9.43. The predicted molar refractivity (Wildman–Crippen MR) is 54.9 cm³/mol. The Kier molecular flexibility index (Phi) is 2.13. The van der Waals surface area contributed by atoms with Crippen LogP contribution in [0.4, 0.5) is 0 Å². The zero-order chi connectivity index (χ0) is 10.4. The zero-order valence-corrected chi connectivity index (χ0v) is 9.43. The van der Waals surface area contributed by atoms with Crippen molar-refractivity contribution in [3.8, 4) is 0 Å². The van der Waals surface area contributed by atoms with Gasteiger partial charge >= 0.3 is 5.97 Å². The molecule has 2 fully saturated rings. The van der Waals surface area contributed by atoms with Gasteiger partial charge in [-0.15, -0.1) is 0 Å². The summed E-state index contributed by atoms with van der Waals surface area (Å²) in [6.07, 6.45) is 5.30. The first-order chi connectivity index (χ1) is 6.50. The van der Waals surface area contributed by atoms with Crippen LogP contribution < -0.4 is 0 Å². The van der Waals surface area contributed by atoms with E-state index >= 15 is 0 Å². The molecule has 1 heterocycles. The topological polar surface area (TPSA) is 26.3 Å². The fourth-order valence-corrected chi connectivity index (χ4v) is 3.40. The van der Waals surface area contributed by atoms with Crippen LogP contribution in [-0.4, -0.2) is 11.6 Å². The maximum atomic E-state index is 11.4. The van der Waals surface area contributed by atoms with E-state index in [2.05, 4.69) is 20.8 Å². The molecule has 2 aliphatic rings. The highest BCUT2D eigenvalue weighted by atomic mass is 16.6. The Morgan fingerprint density at radius 2 is 2.14 bits per heavy atom. The summed E-state index contributed by atoms with van der Waals surface area (Å²) in [5.74, 6) is 0.459. The van der Waals surface area contributed by atoms with Crippen LogP contribution in [0.3, 0.4) is 0 Å². The van der Waals surface area contributed by atoms with Gasteiger partial charge in [0.15, 0.2) is 0 Å². The normalized spacial score (nSPS) is 47.4. The molecule has 0 aromatic rings. The molecule has 1 saturated carbocycles. The van der Waals surface area contributed by atoms with Crippen molar-refractivity contribution in [1.29, 1.82) is 0 Å². The Hall–Kier alpha value is -0.530. The molecule has 0 N–H and O–H groups in total. The van der Waals surface area contributed by atoms with Crippen molar-refractivity contribution in [3.63, 3.8) is 0 Å². The molecule has 3 atom stereocenters. The van der Waals surface area contributed by atoms with E-state index in [1.807, 2.05) is 0 Å². The second kappa shape index (κ2) is 2.98. The van der Waals surface area contributed by atoms with Crippen molar-refractivity contribution in [3.05, 3.63) is 0 Å². The van der Waals surface area contributed by atoms with Crippen LogP contribution in [0.15, 0.2) is 0 Å². The lowest BCUT2D eigenvalue weighted by molar-refractivity contribution is -0.152. The Labute approximate surface area is 86.0 Å². The van der Waals surface area contributed by atoms with Crippen molar-refractivity contribution < 1.29 is 9.53 Å². The molecule has 1 aliphatic heterocycles. The van der Waals surface area contributed by atoms with E-state index in [-0.39, 0.29) is 11.6 Å². The molecule has 80 valence electrons. The van der Waals surface area contributed by atoms with E-state index in [9.17, 15) is 4.79 Å². The quantitative estimate of drug-likeness (QED) is 0.603. The maximum Gasteiger partial charge on any atom is 0.306 e. The predicted octanol–water partition coefficient (Wildman–Crippen LogP) is 2.91. The van der Waals surface area contributed by atoms with Crippen molar-refractivity contribution >= 4 is 5.97 Å². The number of ether oxygens (including phenoxy) is 1. The lowest BCUT2D eigenvalue weighted by Gasteiger charge is -2.46. The Bertz CT molecular complexity index is 261. The number of carbonyl (C=O) groups is 1. The van der Waals surface area contributed by atoms with Gasteiger partial charge in [0.2, 0.25) is 0 Å². The van der Waals surface area contributed by atoms with E-state index in [1.54, 1.807) is 0 Å². The molecule has 0 amide bonds. The van der Waals surface area contributed by atoms with Gasteiger partial charge in [-0.05, 0) is 31.6 Å². The van der Waals surface area contributed by atoms with Crippen LogP contribution >= 0.6 is 0 Å². The van der Waals surface area contributed by atoms with E-state index in [0.29, 0.717) is 17.8 Å². The van der Waals surface area contributed by atoms with Gasteiger partial charge in [-0.2, -0.15) is 0 Å². The Morgan fingerprint density at radius 1 is 1.43 bits per heavy atom. The minimum Gasteiger partial charge on any atom is -0.459 e. The van der Waals surface area contributed by atoms with Crippen LogP contribution in [0.5, 0.6) is 0 Å². The first kappa shape index (κ1) is 10.0. The molecule has 1 saturated heterocycles. The summed E-state index contributed by atoms with van der Waals surface area (Å²) in [6, 6.07) is 0. The number of esters is 1. The largest absolute Gasteiger partial charge is 0.459 e. The number of fused-ring (bicyclic) bond motifs is 1. The molecule has 1 aliphatic carbocycles. The molecule has 0 bridgehead atoms. The molecule has 0 aromatic carbocycles. The number of rotatable bonds is 1. The van der Waals surface area contributed by atoms with Gasteiger partial charge in [-0.3, -0.25) is 4.79 Å². The molecule has 2 heteroatoms. The average molecular weight is 196 g/mol. The van der Waals surface area contributed by atoms with Crippen molar-refractivity contribution in [2.45, 2.75) is 58.5 Å². The molecule has 3 unspecified atom stereocenters. The monoisotopic (exact) mass is 196 g/mol. The standard InChI is InChI=1S/C12H20O2/c1-4-11(2)6-5-7-12(3)9(11)8-10(13)14-12/h9H,4-8H2,1-3H3. The van der Waals surface area contributed by atoms with Crippen molar-refractivity contribution in [2.75, 3.05) is 0 Å². The van der Waals surface area contributed by atoms with Gasteiger partial charge in [-0.1, -0.05) is 20.3 Å². The van der Waals surface area contributed by atoms with Crippen LogP contribution in [0.2, 0.25) is 0 Å². The smallest absolute Gasteiger partial charge is 0.306 e. The Balaban J connectivity index is 2.30. The summed E-state index contributed by atoms with van der Waals surface area (Å²) in [4.78, 5) is 11.4. The number of carbonyl (C=O) groups excluding carboxylic acids is 1. The van der Waals surface area contributed by atoms with E-state index in [1.165, 1.54) is 12.8 Å². The number of hydrogen-bond acceptors (Lipinski definition) is 2. The molecular weight excluding hydrogens is 176 g/mol. The fourth-order valence-electron chi connectivity index (χ4n) is 3.40. The SMILES string of the molecule is CCC1(C)CCCC2(C)OC(=O)CC12. The average Bonchev–Trinajstić information content (AvgIpc) is 2.42. The molecule has 2 nitrogen and oxygen atoms in total. The fraction of sp³-hybridized carbons (Fsp3) is 0.917. The highest BCUT2D eigenvalue weighted by Crippen LogP contribution is 2.54.